The summed E-state index contributed by atoms with van der Waals surface area (Å²) in [5.74, 6) is 0. The largest absolute Gasteiger partial charge is 4.00 e. The molecule has 0 amide bonds. The van der Waals surface area contributed by atoms with E-state index >= 15 is 0 Å². The van der Waals surface area contributed by atoms with Crippen LogP contribution >= 0.6 is 0 Å². The summed E-state index contributed by atoms with van der Waals surface area (Å²) in [5, 5.41) is 0. The van der Waals surface area contributed by atoms with Crippen molar-refractivity contribution < 1.29 is 53.6 Å². The Morgan fingerprint density at radius 2 is 0.500 bits per heavy atom. The molecule has 0 aromatic heterocycles. The predicted molar refractivity (Wildman–Crippen MR) is 11.4 cm³/mol. The third-order valence-corrected chi connectivity index (χ3v) is 0. The predicted octanol–water partition coefficient (Wildman–Crippen LogP) is -1.53. The van der Waals surface area contributed by atoms with E-state index in [-0.39, 0.29) is 53.6 Å². The first-order valence-corrected chi connectivity index (χ1v) is 0. The molecular formula is H6O5Zr. The first-order chi connectivity index (χ1) is 0. The molecule has 0 aromatic rings. The van der Waals surface area contributed by atoms with Crippen molar-refractivity contribution in [3.8, 4) is 0 Å². The van der Waals surface area contributed by atoms with Crippen molar-refractivity contribution in [2.24, 2.45) is 0 Å². The van der Waals surface area contributed by atoms with Gasteiger partial charge in [0.2, 0.25) is 0 Å². The van der Waals surface area contributed by atoms with Crippen LogP contribution in [0.4, 0.5) is 0 Å². The Morgan fingerprint density at radius 1 is 0.500 bits per heavy atom. The van der Waals surface area contributed by atoms with E-state index in [2.05, 4.69) is 0 Å². The van der Waals surface area contributed by atoms with Gasteiger partial charge in [0.05, 0.1) is 0 Å². The molecule has 0 rings (SSSR count). The maximum atomic E-state index is 0. The molecule has 0 heterocycles. The van der Waals surface area contributed by atoms with E-state index in [1.165, 1.54) is 0 Å². The van der Waals surface area contributed by atoms with Gasteiger partial charge in [-0.1, -0.05) is 0 Å². The molecule has 6 heavy (non-hydrogen) atoms. The van der Waals surface area contributed by atoms with Crippen molar-refractivity contribution >= 4 is 0 Å². The molecule has 0 fully saturated rings. The van der Waals surface area contributed by atoms with E-state index < -0.39 is 0 Å². The van der Waals surface area contributed by atoms with Gasteiger partial charge in [0.25, 0.3) is 0 Å². The van der Waals surface area contributed by atoms with Gasteiger partial charge in [-0.25, -0.2) is 0 Å². The second-order valence-corrected chi connectivity index (χ2v) is 0. The average molecular weight is 177 g/mol. The molecule has 0 aromatic carbocycles. The molecule has 0 saturated heterocycles. The van der Waals surface area contributed by atoms with Crippen molar-refractivity contribution in [1.82, 2.24) is 0 Å². The second kappa shape index (κ2) is 267. The molecule has 6 N–H and O–H groups in total. The Bertz CT molecular complexity index is 3.90. The van der Waals surface area contributed by atoms with Crippen LogP contribution < -0.4 is 0 Å². The van der Waals surface area contributed by atoms with E-state index in [0.29, 0.717) is 0 Å². The zero-order chi connectivity index (χ0) is 0. The molecule has 0 saturated carbocycles. The van der Waals surface area contributed by atoms with Crippen molar-refractivity contribution in [1.29, 1.82) is 0 Å². The van der Waals surface area contributed by atoms with Crippen LogP contribution in [0.2, 0.25) is 0 Å². The van der Waals surface area contributed by atoms with Crippen molar-refractivity contribution in [3.05, 3.63) is 0 Å². The Labute approximate surface area is 54.0 Å². The van der Waals surface area contributed by atoms with Crippen molar-refractivity contribution in [2.75, 3.05) is 0 Å². The van der Waals surface area contributed by atoms with Crippen molar-refractivity contribution in [2.45, 2.75) is 0 Å². The van der Waals surface area contributed by atoms with E-state index in [4.69, 9.17) is 0 Å². The van der Waals surface area contributed by atoms with Crippen molar-refractivity contribution in [3.63, 3.8) is 0 Å². The number of hydrogen-bond donors (Lipinski definition) is 0. The molecule has 5 nitrogen and oxygen atoms in total. The molecule has 0 unspecified atom stereocenters. The first-order valence-electron chi connectivity index (χ1n) is 0. The van der Waals surface area contributed by atoms with E-state index in [0.717, 1.165) is 0 Å². The van der Waals surface area contributed by atoms with Crippen LogP contribution in [0.15, 0.2) is 0 Å². The molecule has 40 valence electrons. The van der Waals surface area contributed by atoms with E-state index in [1.54, 1.807) is 0 Å². The standard InChI is InChI=1S/5H2O.Zr/h5*1H2;/q;;;;;+4/p-4. The smallest absolute Gasteiger partial charge is 0.870 e. The van der Waals surface area contributed by atoms with Gasteiger partial charge >= 0.3 is 26.2 Å². The summed E-state index contributed by atoms with van der Waals surface area (Å²) < 4.78 is 0. The summed E-state index contributed by atoms with van der Waals surface area (Å²) in [6.45, 7) is 0. The third-order valence-electron chi connectivity index (χ3n) is 0. The van der Waals surface area contributed by atoms with Crippen LogP contribution in [0, 0.1) is 0 Å². The summed E-state index contributed by atoms with van der Waals surface area (Å²) in [4.78, 5) is 0. The van der Waals surface area contributed by atoms with Gasteiger partial charge in [0.15, 0.2) is 0 Å². The summed E-state index contributed by atoms with van der Waals surface area (Å²) in [5.41, 5.74) is 0. The van der Waals surface area contributed by atoms with Gasteiger partial charge in [0, 0.05) is 0 Å². The molecule has 0 aliphatic rings. The molecule has 0 aliphatic heterocycles. The van der Waals surface area contributed by atoms with Gasteiger partial charge < -0.3 is 27.4 Å². The molecule has 0 spiro atoms. The fraction of sp³-hybridized carbons (Fsp3) is 0. The summed E-state index contributed by atoms with van der Waals surface area (Å²) in [6, 6.07) is 0. The molecule has 6 heteroatoms. The second-order valence-electron chi connectivity index (χ2n) is 0. The molecule has 0 atom stereocenters. The molecule has 0 bridgehead atoms. The Morgan fingerprint density at radius 3 is 0.500 bits per heavy atom. The molecule has 0 radical (unpaired) electrons. The monoisotopic (exact) mass is 176 g/mol. The SMILES string of the molecule is O.[OH-].[OH-].[OH-].[OH-].[Zr+4]. The van der Waals surface area contributed by atoms with E-state index in [9.17, 15) is 0 Å². The molecular weight excluding hydrogens is 171 g/mol. The van der Waals surface area contributed by atoms with Gasteiger partial charge in [-0.3, -0.25) is 0 Å². The topological polar surface area (TPSA) is 152 Å². The first kappa shape index (κ1) is 463. The van der Waals surface area contributed by atoms with Crippen LogP contribution in [0.3, 0.4) is 0 Å². The van der Waals surface area contributed by atoms with Gasteiger partial charge in [-0.15, -0.1) is 0 Å². The fourth-order valence-corrected chi connectivity index (χ4v) is 0. The Balaban J connectivity index is 0. The van der Waals surface area contributed by atoms with Crippen LogP contribution in [0.1, 0.15) is 0 Å². The maximum absolute atomic E-state index is 0. The number of rotatable bonds is 0. The zero-order valence-corrected chi connectivity index (χ0v) is 5.25. The fourth-order valence-electron chi connectivity index (χ4n) is 0. The van der Waals surface area contributed by atoms with Crippen LogP contribution in [-0.4, -0.2) is 27.4 Å². The van der Waals surface area contributed by atoms with Crippen LogP contribution in [0.5, 0.6) is 0 Å². The van der Waals surface area contributed by atoms with Crippen LogP contribution in [0.25, 0.3) is 0 Å². The number of hydrogen-bond acceptors (Lipinski definition) is 4. The maximum Gasteiger partial charge on any atom is 4.00 e. The quantitative estimate of drug-likeness (QED) is 0.440. The summed E-state index contributed by atoms with van der Waals surface area (Å²) >= 11 is 0. The summed E-state index contributed by atoms with van der Waals surface area (Å²) in [6.07, 6.45) is 0. The minimum atomic E-state index is 0. The Kier molecular flexibility index (Phi) is 20600. The minimum absolute atomic E-state index is 0. The molecule has 0 aliphatic carbocycles. The third kappa shape index (κ3) is 136. The van der Waals surface area contributed by atoms with Gasteiger partial charge in [-0.2, -0.15) is 0 Å². The van der Waals surface area contributed by atoms with Crippen LogP contribution in [-0.2, 0) is 26.2 Å². The zero-order valence-electron chi connectivity index (χ0n) is 2.79. The average Bonchev–Trinajstić information content (AvgIpc) is 0. The Hall–Kier alpha value is 0.683. The van der Waals surface area contributed by atoms with Gasteiger partial charge in [0.1, 0.15) is 0 Å². The van der Waals surface area contributed by atoms with E-state index in [1.807, 2.05) is 0 Å². The minimum Gasteiger partial charge on any atom is -0.870 e. The van der Waals surface area contributed by atoms with Gasteiger partial charge in [-0.05, 0) is 0 Å². The normalized spacial score (nSPS) is 0. The summed E-state index contributed by atoms with van der Waals surface area (Å²) in [7, 11) is 0.